The lowest BCUT2D eigenvalue weighted by molar-refractivity contribution is -0.153. The molecule has 1 heterocycles. The van der Waals surface area contributed by atoms with Crippen molar-refractivity contribution in [1.29, 1.82) is 0 Å². The van der Waals surface area contributed by atoms with Crippen molar-refractivity contribution in [3.8, 4) is 0 Å². The molecule has 4 rings (SSSR count). The normalized spacial score (nSPS) is 28.3. The van der Waals surface area contributed by atoms with Gasteiger partial charge in [0.05, 0.1) is 10.00 Å². The molecule has 0 aromatic heterocycles. The monoisotopic (exact) mass is 405 g/mol. The maximum atomic E-state index is 12.6. The van der Waals surface area contributed by atoms with Crippen molar-refractivity contribution in [3.05, 3.63) is 29.3 Å². The van der Waals surface area contributed by atoms with Gasteiger partial charge in [0, 0.05) is 17.2 Å². The predicted octanol–water partition coefficient (Wildman–Crippen LogP) is 4.40. The van der Waals surface area contributed by atoms with E-state index in [9.17, 15) is 9.59 Å². The highest BCUT2D eigenvalue weighted by atomic mass is 32.2. The minimum atomic E-state index is -0.274. The third-order valence-electron chi connectivity index (χ3n) is 6.35. The largest absolute Gasteiger partial charge is 0.455 e. The molecular formula is C21H27NO3S2. The summed E-state index contributed by atoms with van der Waals surface area (Å²) < 4.78 is 5.75. The summed E-state index contributed by atoms with van der Waals surface area (Å²) in [5.74, 6) is 3.22. The van der Waals surface area contributed by atoms with Crippen LogP contribution < -0.4 is 5.32 Å². The zero-order chi connectivity index (χ0) is 19.0. The standard InChI is InChI=1S/C21H27NO3S2/c1-13-3-6-18(9-14(13)2)22-19(23)12-25-20(24)15-10-16-4-5-17(11-15)21(16)26-7-8-27-21/h3,6,9,15-17H,4-5,7-8,10-12H2,1-2H3,(H,22,23). The van der Waals surface area contributed by atoms with Crippen LogP contribution >= 0.6 is 23.5 Å². The summed E-state index contributed by atoms with van der Waals surface area (Å²) in [5, 5.41) is 2.81. The topological polar surface area (TPSA) is 55.4 Å². The molecule has 2 bridgehead atoms. The van der Waals surface area contributed by atoms with E-state index >= 15 is 0 Å². The Hall–Kier alpha value is -1.14. The zero-order valence-electron chi connectivity index (χ0n) is 16.0. The number of thioether (sulfide) groups is 2. The first-order valence-electron chi connectivity index (χ1n) is 9.79. The molecule has 2 saturated carbocycles. The Labute approximate surface area is 169 Å². The van der Waals surface area contributed by atoms with E-state index in [-0.39, 0.29) is 24.4 Å². The molecule has 27 heavy (non-hydrogen) atoms. The SMILES string of the molecule is Cc1ccc(NC(=O)COC(=O)C2CC3CCC(C2)C32SCCS2)cc1C. The summed E-state index contributed by atoms with van der Waals surface area (Å²) in [7, 11) is 0. The predicted molar refractivity (Wildman–Crippen MR) is 112 cm³/mol. The van der Waals surface area contributed by atoms with Crippen LogP contribution in [0.3, 0.4) is 0 Å². The van der Waals surface area contributed by atoms with Gasteiger partial charge >= 0.3 is 5.97 Å². The molecule has 1 saturated heterocycles. The van der Waals surface area contributed by atoms with Crippen molar-refractivity contribution in [1.82, 2.24) is 0 Å². The van der Waals surface area contributed by atoms with Gasteiger partial charge in [0.25, 0.3) is 5.91 Å². The summed E-state index contributed by atoms with van der Waals surface area (Å²) in [5.41, 5.74) is 3.05. The average molecular weight is 406 g/mol. The van der Waals surface area contributed by atoms with Gasteiger partial charge in [0.1, 0.15) is 0 Å². The lowest BCUT2D eigenvalue weighted by Crippen LogP contribution is -2.40. The molecule has 1 aromatic carbocycles. The number of carbonyl (C=O) groups excluding carboxylic acids is 2. The summed E-state index contributed by atoms with van der Waals surface area (Å²) in [6.45, 7) is 3.84. The first kappa shape index (κ1) is 19.2. The number of rotatable bonds is 4. The van der Waals surface area contributed by atoms with E-state index in [1.54, 1.807) is 0 Å². The molecule has 1 amide bonds. The van der Waals surface area contributed by atoms with E-state index in [0.29, 0.717) is 15.9 Å². The van der Waals surface area contributed by atoms with Gasteiger partial charge in [-0.25, -0.2) is 0 Å². The van der Waals surface area contributed by atoms with Gasteiger partial charge in [-0.3, -0.25) is 9.59 Å². The molecule has 1 N–H and O–H groups in total. The Morgan fingerprint density at radius 2 is 1.78 bits per heavy atom. The fourth-order valence-corrected chi connectivity index (χ4v) is 8.80. The Bertz CT molecular complexity index is 729. The second-order valence-electron chi connectivity index (χ2n) is 8.01. The second kappa shape index (κ2) is 7.70. The van der Waals surface area contributed by atoms with Crippen LogP contribution in [0.4, 0.5) is 5.69 Å². The van der Waals surface area contributed by atoms with Crippen molar-refractivity contribution >= 4 is 41.1 Å². The highest BCUT2D eigenvalue weighted by Crippen LogP contribution is 2.65. The number of benzene rings is 1. The van der Waals surface area contributed by atoms with Gasteiger partial charge in [-0.2, -0.15) is 0 Å². The van der Waals surface area contributed by atoms with Crippen LogP contribution in [0.2, 0.25) is 0 Å². The van der Waals surface area contributed by atoms with Gasteiger partial charge in [0.2, 0.25) is 0 Å². The molecule has 3 aliphatic rings. The van der Waals surface area contributed by atoms with E-state index in [4.69, 9.17) is 4.74 Å². The number of aryl methyl sites for hydroxylation is 2. The van der Waals surface area contributed by atoms with Crippen molar-refractivity contribution in [2.45, 2.75) is 43.6 Å². The summed E-state index contributed by atoms with van der Waals surface area (Å²) in [6, 6.07) is 5.78. The van der Waals surface area contributed by atoms with E-state index in [1.165, 1.54) is 29.9 Å². The van der Waals surface area contributed by atoms with E-state index in [1.807, 2.05) is 32.0 Å². The Morgan fingerprint density at radius 3 is 2.41 bits per heavy atom. The molecule has 0 radical (unpaired) electrons. The molecule has 2 aliphatic carbocycles. The third kappa shape index (κ3) is 3.75. The lowest BCUT2D eigenvalue weighted by Gasteiger charge is -2.41. The Kier molecular flexibility index (Phi) is 5.48. The summed E-state index contributed by atoms with van der Waals surface area (Å²) in [4.78, 5) is 24.7. The van der Waals surface area contributed by atoms with Crippen LogP contribution in [0.25, 0.3) is 0 Å². The molecule has 2 atom stereocenters. The molecule has 3 fully saturated rings. The number of carbonyl (C=O) groups is 2. The Morgan fingerprint density at radius 1 is 1.11 bits per heavy atom. The highest BCUT2D eigenvalue weighted by Gasteiger charge is 2.57. The number of amides is 1. The first-order valence-corrected chi connectivity index (χ1v) is 11.8. The number of hydrogen-bond acceptors (Lipinski definition) is 5. The van der Waals surface area contributed by atoms with Crippen LogP contribution in [0, 0.1) is 31.6 Å². The molecule has 1 spiro atoms. The Balaban J connectivity index is 1.28. The molecule has 2 unspecified atom stereocenters. The molecule has 1 aliphatic heterocycles. The lowest BCUT2D eigenvalue weighted by atomic mass is 9.80. The van der Waals surface area contributed by atoms with E-state index in [2.05, 4.69) is 28.8 Å². The third-order valence-corrected chi connectivity index (χ3v) is 10.4. The van der Waals surface area contributed by atoms with Gasteiger partial charge in [-0.1, -0.05) is 6.07 Å². The number of ether oxygens (including phenoxy) is 1. The fourth-order valence-electron chi connectivity index (χ4n) is 4.86. The van der Waals surface area contributed by atoms with Gasteiger partial charge in [-0.05, 0) is 74.6 Å². The van der Waals surface area contributed by atoms with Crippen LogP contribution in [0.1, 0.15) is 36.8 Å². The highest BCUT2D eigenvalue weighted by molar-refractivity contribution is 8.21. The number of nitrogens with one attached hydrogen (secondary N) is 1. The van der Waals surface area contributed by atoms with Crippen molar-refractivity contribution in [2.75, 3.05) is 23.4 Å². The fraction of sp³-hybridized carbons (Fsp3) is 0.619. The van der Waals surface area contributed by atoms with Crippen LogP contribution in [0.15, 0.2) is 18.2 Å². The number of hydrogen-bond donors (Lipinski definition) is 1. The average Bonchev–Trinajstić information content (AvgIpc) is 3.18. The minimum absolute atomic E-state index is 0.0376. The van der Waals surface area contributed by atoms with Crippen LogP contribution in [-0.4, -0.2) is 34.1 Å². The van der Waals surface area contributed by atoms with Crippen molar-refractivity contribution < 1.29 is 14.3 Å². The molecule has 146 valence electrons. The minimum Gasteiger partial charge on any atom is -0.455 e. The molecule has 1 aromatic rings. The summed E-state index contributed by atoms with van der Waals surface area (Å²) >= 11 is 4.25. The maximum Gasteiger partial charge on any atom is 0.309 e. The smallest absolute Gasteiger partial charge is 0.309 e. The van der Waals surface area contributed by atoms with Crippen molar-refractivity contribution in [2.24, 2.45) is 17.8 Å². The first-order chi connectivity index (χ1) is 13.0. The van der Waals surface area contributed by atoms with Crippen LogP contribution in [-0.2, 0) is 14.3 Å². The second-order valence-corrected chi connectivity index (χ2v) is 11.0. The maximum absolute atomic E-state index is 12.6. The number of esters is 1. The van der Waals surface area contributed by atoms with Crippen molar-refractivity contribution in [3.63, 3.8) is 0 Å². The van der Waals surface area contributed by atoms with E-state index < -0.39 is 0 Å². The zero-order valence-corrected chi connectivity index (χ0v) is 17.6. The van der Waals surface area contributed by atoms with Gasteiger partial charge in [0.15, 0.2) is 6.61 Å². The molecule has 6 heteroatoms. The molecular weight excluding hydrogens is 378 g/mol. The van der Waals surface area contributed by atoms with Gasteiger partial charge in [-0.15, -0.1) is 23.5 Å². The summed E-state index contributed by atoms with van der Waals surface area (Å²) in [6.07, 6.45) is 4.33. The quantitative estimate of drug-likeness (QED) is 0.753. The van der Waals surface area contributed by atoms with Crippen LogP contribution in [0.5, 0.6) is 0 Å². The number of anilines is 1. The van der Waals surface area contributed by atoms with Gasteiger partial charge < -0.3 is 10.1 Å². The molecule has 4 nitrogen and oxygen atoms in total. The van der Waals surface area contributed by atoms with E-state index in [0.717, 1.165) is 24.1 Å².